The summed E-state index contributed by atoms with van der Waals surface area (Å²) in [6.07, 6.45) is 4.03. The molecule has 1 atom stereocenters. The molecule has 0 radical (unpaired) electrons. The summed E-state index contributed by atoms with van der Waals surface area (Å²) in [6.45, 7) is 11.1. The number of nitrogens with one attached hydrogen (secondary N) is 1. The number of amides is 1. The Bertz CT molecular complexity index is 500. The molecular weight excluding hydrogens is 296 g/mol. The molecule has 0 aromatic carbocycles. The zero-order chi connectivity index (χ0) is 16.2. The highest BCUT2D eigenvalue weighted by molar-refractivity contribution is 7.15. The van der Waals surface area contributed by atoms with E-state index in [0.717, 1.165) is 50.7 Å². The molecule has 1 aromatic heterocycles. The summed E-state index contributed by atoms with van der Waals surface area (Å²) in [6, 6.07) is 0. The number of nitrogens with zero attached hydrogens (tertiary/aromatic N) is 3. The molecule has 0 bridgehead atoms. The van der Waals surface area contributed by atoms with Crippen molar-refractivity contribution in [2.45, 2.75) is 40.2 Å². The van der Waals surface area contributed by atoms with E-state index in [1.807, 2.05) is 6.20 Å². The van der Waals surface area contributed by atoms with Crippen molar-refractivity contribution in [1.82, 2.24) is 15.2 Å². The Morgan fingerprint density at radius 1 is 1.50 bits per heavy atom. The fourth-order valence-electron chi connectivity index (χ4n) is 3.20. The second kappa shape index (κ2) is 7.42. The number of anilines is 1. The van der Waals surface area contributed by atoms with Gasteiger partial charge in [0.2, 0.25) is 5.91 Å². The van der Waals surface area contributed by atoms with E-state index in [1.165, 1.54) is 4.88 Å². The van der Waals surface area contributed by atoms with E-state index in [4.69, 9.17) is 0 Å². The highest BCUT2D eigenvalue weighted by atomic mass is 32.1. The Kier molecular flexibility index (Phi) is 5.81. The van der Waals surface area contributed by atoms with Gasteiger partial charge in [-0.1, -0.05) is 0 Å². The van der Waals surface area contributed by atoms with Gasteiger partial charge in [0.25, 0.3) is 0 Å². The molecule has 22 heavy (non-hydrogen) atoms. The molecule has 2 rings (SSSR count). The van der Waals surface area contributed by atoms with Crippen molar-refractivity contribution < 1.29 is 4.79 Å². The molecule has 6 heteroatoms. The Balaban J connectivity index is 2.00. The van der Waals surface area contributed by atoms with Crippen molar-refractivity contribution in [3.63, 3.8) is 0 Å². The monoisotopic (exact) mass is 324 g/mol. The first kappa shape index (κ1) is 17.2. The quantitative estimate of drug-likeness (QED) is 0.872. The van der Waals surface area contributed by atoms with E-state index in [9.17, 15) is 4.79 Å². The van der Waals surface area contributed by atoms with Crippen molar-refractivity contribution >= 4 is 22.4 Å². The third-order valence-electron chi connectivity index (χ3n) is 4.51. The van der Waals surface area contributed by atoms with Gasteiger partial charge in [0.1, 0.15) is 0 Å². The van der Waals surface area contributed by atoms with Gasteiger partial charge in [0.05, 0.1) is 5.41 Å². The Hall–Kier alpha value is -1.14. The largest absolute Gasteiger partial charge is 0.359 e. The molecule has 5 nitrogen and oxygen atoms in total. The van der Waals surface area contributed by atoms with Gasteiger partial charge in [-0.15, -0.1) is 11.3 Å². The number of thiazole rings is 1. The van der Waals surface area contributed by atoms with Crippen LogP contribution in [0, 0.1) is 5.41 Å². The first-order valence-electron chi connectivity index (χ1n) is 8.16. The second-order valence-electron chi connectivity index (χ2n) is 6.24. The Labute approximate surface area is 137 Å². The molecule has 0 aliphatic carbocycles. The van der Waals surface area contributed by atoms with Gasteiger partial charge in [-0.2, -0.15) is 0 Å². The third-order valence-corrected chi connectivity index (χ3v) is 5.55. The smallest absolute Gasteiger partial charge is 0.226 e. The highest BCUT2D eigenvalue weighted by Gasteiger charge is 2.37. The van der Waals surface area contributed by atoms with Crippen molar-refractivity contribution in [1.29, 1.82) is 0 Å². The normalized spacial score (nSPS) is 22.5. The van der Waals surface area contributed by atoms with Crippen molar-refractivity contribution in [3.8, 4) is 0 Å². The number of aromatic nitrogens is 1. The van der Waals surface area contributed by atoms with Crippen LogP contribution in [-0.2, 0) is 11.3 Å². The van der Waals surface area contributed by atoms with Crippen molar-refractivity contribution in [3.05, 3.63) is 11.1 Å². The van der Waals surface area contributed by atoms with Crippen LogP contribution >= 0.6 is 11.3 Å². The average molecular weight is 324 g/mol. The summed E-state index contributed by atoms with van der Waals surface area (Å²) in [7, 11) is 1.73. The van der Waals surface area contributed by atoms with Gasteiger partial charge in [-0.3, -0.25) is 9.69 Å². The predicted octanol–water partition coefficient (Wildman–Crippen LogP) is 2.34. The lowest BCUT2D eigenvalue weighted by Gasteiger charge is -2.38. The molecule has 1 N–H and O–H groups in total. The molecule has 2 heterocycles. The number of hydrogen-bond acceptors (Lipinski definition) is 5. The summed E-state index contributed by atoms with van der Waals surface area (Å²) in [4.78, 5) is 22.6. The van der Waals surface area contributed by atoms with Crippen LogP contribution in [0.2, 0.25) is 0 Å². The topological polar surface area (TPSA) is 48.5 Å². The summed E-state index contributed by atoms with van der Waals surface area (Å²) in [5.41, 5.74) is -0.264. The van der Waals surface area contributed by atoms with E-state index in [2.05, 4.69) is 40.9 Å². The molecule has 1 aliphatic rings. The molecule has 0 spiro atoms. The lowest BCUT2D eigenvalue weighted by molar-refractivity contribution is -0.132. The van der Waals surface area contributed by atoms with Crippen LogP contribution in [0.1, 0.15) is 38.5 Å². The van der Waals surface area contributed by atoms with Crippen LogP contribution in [0.5, 0.6) is 0 Å². The van der Waals surface area contributed by atoms with Gasteiger partial charge in [-0.25, -0.2) is 4.98 Å². The minimum absolute atomic E-state index is 0.158. The van der Waals surface area contributed by atoms with Crippen LogP contribution in [0.3, 0.4) is 0 Å². The zero-order valence-corrected chi connectivity index (χ0v) is 15.0. The maximum Gasteiger partial charge on any atom is 0.226 e. The maximum atomic E-state index is 12.1. The molecule has 1 saturated heterocycles. The van der Waals surface area contributed by atoms with Gasteiger partial charge >= 0.3 is 0 Å². The number of hydrogen-bond donors (Lipinski definition) is 1. The SMILES string of the molecule is CCN(CC)c1ncc(CN2CCCC(C)(C(=O)NC)C2)s1. The van der Waals surface area contributed by atoms with Crippen molar-refractivity contribution in [2.24, 2.45) is 5.41 Å². The predicted molar refractivity (Wildman–Crippen MR) is 92.4 cm³/mol. The molecule has 1 aromatic rings. The summed E-state index contributed by atoms with van der Waals surface area (Å²) < 4.78 is 0. The van der Waals surface area contributed by atoms with E-state index in [0.29, 0.717) is 0 Å². The Morgan fingerprint density at radius 2 is 2.23 bits per heavy atom. The molecular formula is C16H28N4OS. The molecule has 124 valence electrons. The van der Waals surface area contributed by atoms with Crippen LogP contribution in [-0.4, -0.2) is 49.0 Å². The molecule has 0 saturated carbocycles. The van der Waals surface area contributed by atoms with Gasteiger partial charge in [-0.05, 0) is 40.2 Å². The fourth-order valence-corrected chi connectivity index (χ4v) is 4.28. The van der Waals surface area contributed by atoms with E-state index in [-0.39, 0.29) is 11.3 Å². The maximum absolute atomic E-state index is 12.1. The number of piperidine rings is 1. The van der Waals surface area contributed by atoms with Crippen LogP contribution in [0.15, 0.2) is 6.20 Å². The first-order valence-corrected chi connectivity index (χ1v) is 8.98. The van der Waals surface area contributed by atoms with Gasteiger partial charge in [0.15, 0.2) is 5.13 Å². The molecule has 1 aliphatic heterocycles. The zero-order valence-electron chi connectivity index (χ0n) is 14.2. The van der Waals surface area contributed by atoms with E-state index in [1.54, 1.807) is 18.4 Å². The standard InChI is InChI=1S/C16H28N4OS/c1-5-20(6-2)15-18-10-13(22-15)11-19-9-7-8-16(3,12-19)14(21)17-4/h10H,5-9,11-12H2,1-4H3,(H,17,21). The van der Waals surface area contributed by atoms with E-state index < -0.39 is 0 Å². The minimum atomic E-state index is -0.264. The van der Waals surface area contributed by atoms with Crippen LogP contribution in [0.4, 0.5) is 5.13 Å². The number of rotatable bonds is 6. The van der Waals surface area contributed by atoms with E-state index >= 15 is 0 Å². The molecule has 1 amide bonds. The number of carbonyl (C=O) groups excluding carboxylic acids is 1. The highest BCUT2D eigenvalue weighted by Crippen LogP contribution is 2.31. The Morgan fingerprint density at radius 3 is 2.86 bits per heavy atom. The minimum Gasteiger partial charge on any atom is -0.359 e. The van der Waals surface area contributed by atoms with Crippen LogP contribution < -0.4 is 10.2 Å². The average Bonchev–Trinajstić information content (AvgIpc) is 2.96. The lowest BCUT2D eigenvalue weighted by atomic mass is 9.81. The van der Waals surface area contributed by atoms with Crippen molar-refractivity contribution in [2.75, 3.05) is 38.1 Å². The molecule has 1 unspecified atom stereocenters. The molecule has 1 fully saturated rings. The number of carbonyl (C=O) groups is 1. The fraction of sp³-hybridized carbons (Fsp3) is 0.750. The van der Waals surface area contributed by atoms with Crippen LogP contribution in [0.25, 0.3) is 0 Å². The van der Waals surface area contributed by atoms with Gasteiger partial charge < -0.3 is 10.2 Å². The first-order chi connectivity index (χ1) is 10.5. The lowest BCUT2D eigenvalue weighted by Crippen LogP contribution is -2.49. The van der Waals surface area contributed by atoms with Gasteiger partial charge in [0, 0.05) is 44.3 Å². The number of likely N-dealkylation sites (tertiary alicyclic amines) is 1. The third kappa shape index (κ3) is 3.79. The second-order valence-corrected chi connectivity index (χ2v) is 7.33. The summed E-state index contributed by atoms with van der Waals surface area (Å²) in [5.74, 6) is 0.158. The summed E-state index contributed by atoms with van der Waals surface area (Å²) >= 11 is 1.77. The summed E-state index contributed by atoms with van der Waals surface area (Å²) in [5, 5.41) is 3.91.